The molecule has 0 rings (SSSR count). The number of hydrogen-bond acceptors (Lipinski definition) is 3. The van der Waals surface area contributed by atoms with E-state index in [1.54, 1.807) is 6.07 Å². The van der Waals surface area contributed by atoms with Gasteiger partial charge in [-0.1, -0.05) is 0 Å². The SMILES string of the molecule is CC(O)[C@H](N)C#N. The van der Waals surface area contributed by atoms with Gasteiger partial charge >= 0.3 is 0 Å². The topological polar surface area (TPSA) is 70.0 Å². The molecule has 0 fully saturated rings. The lowest BCUT2D eigenvalue weighted by Gasteiger charge is -2.01. The van der Waals surface area contributed by atoms with Gasteiger partial charge in [0.1, 0.15) is 6.04 Å². The van der Waals surface area contributed by atoms with Gasteiger partial charge in [0, 0.05) is 0 Å². The third-order valence-electron chi connectivity index (χ3n) is 0.669. The molecule has 0 amide bonds. The predicted octanol–water partition coefficient (Wildman–Crippen LogP) is -0.782. The van der Waals surface area contributed by atoms with Crippen LogP contribution in [-0.2, 0) is 0 Å². The quantitative estimate of drug-likeness (QED) is 0.454. The minimum Gasteiger partial charge on any atom is -0.391 e. The maximum Gasteiger partial charge on any atom is 0.119 e. The molecular weight excluding hydrogens is 92.1 g/mol. The zero-order chi connectivity index (χ0) is 5.86. The fourth-order valence-electron chi connectivity index (χ4n) is 0.108. The van der Waals surface area contributed by atoms with Gasteiger partial charge in [-0.2, -0.15) is 5.26 Å². The molecule has 0 radical (unpaired) electrons. The van der Waals surface area contributed by atoms with Gasteiger partial charge in [0.25, 0.3) is 0 Å². The molecule has 40 valence electrons. The first kappa shape index (κ1) is 6.41. The summed E-state index contributed by atoms with van der Waals surface area (Å²) in [5.74, 6) is 0. The first-order chi connectivity index (χ1) is 3.18. The largest absolute Gasteiger partial charge is 0.391 e. The normalized spacial score (nSPS) is 17.4. The van der Waals surface area contributed by atoms with Crippen LogP contribution in [0.1, 0.15) is 6.92 Å². The van der Waals surface area contributed by atoms with E-state index in [0.29, 0.717) is 0 Å². The zero-order valence-electron chi connectivity index (χ0n) is 4.13. The Kier molecular flexibility index (Phi) is 2.34. The van der Waals surface area contributed by atoms with Crippen molar-refractivity contribution in [2.24, 2.45) is 5.73 Å². The third kappa shape index (κ3) is 2.15. The highest BCUT2D eigenvalue weighted by atomic mass is 16.3. The lowest BCUT2D eigenvalue weighted by Crippen LogP contribution is -2.30. The van der Waals surface area contributed by atoms with E-state index >= 15 is 0 Å². The first-order valence-electron chi connectivity index (χ1n) is 2.01. The van der Waals surface area contributed by atoms with Crippen molar-refractivity contribution in [3.8, 4) is 6.07 Å². The molecule has 0 heterocycles. The molecule has 0 aromatic heterocycles. The minimum atomic E-state index is -0.736. The molecule has 0 aromatic carbocycles. The van der Waals surface area contributed by atoms with Crippen LogP contribution in [0.5, 0.6) is 0 Å². The van der Waals surface area contributed by atoms with E-state index in [4.69, 9.17) is 16.1 Å². The monoisotopic (exact) mass is 100 g/mol. The fourth-order valence-corrected chi connectivity index (χ4v) is 0.108. The van der Waals surface area contributed by atoms with Gasteiger partial charge in [-0.25, -0.2) is 0 Å². The lowest BCUT2D eigenvalue weighted by atomic mass is 10.2. The number of aliphatic hydroxyl groups is 1. The van der Waals surface area contributed by atoms with Gasteiger partial charge in [0.15, 0.2) is 0 Å². The number of hydrogen-bond donors (Lipinski definition) is 2. The van der Waals surface area contributed by atoms with E-state index in [2.05, 4.69) is 0 Å². The van der Waals surface area contributed by atoms with Crippen molar-refractivity contribution in [3.05, 3.63) is 0 Å². The van der Waals surface area contributed by atoms with Crippen LogP contribution in [0.15, 0.2) is 0 Å². The molecule has 2 atom stereocenters. The number of nitrogens with zero attached hydrogens (tertiary/aromatic N) is 1. The van der Waals surface area contributed by atoms with Crippen molar-refractivity contribution >= 4 is 0 Å². The molecule has 3 heteroatoms. The van der Waals surface area contributed by atoms with Crippen LogP contribution in [0.25, 0.3) is 0 Å². The van der Waals surface area contributed by atoms with Crippen LogP contribution in [0.2, 0.25) is 0 Å². The molecule has 3 nitrogen and oxygen atoms in total. The molecule has 0 aromatic rings. The Bertz CT molecular complexity index is 84.2. The molecule has 3 N–H and O–H groups in total. The Labute approximate surface area is 42.4 Å². The van der Waals surface area contributed by atoms with Crippen LogP contribution in [0.4, 0.5) is 0 Å². The second-order valence-electron chi connectivity index (χ2n) is 1.40. The summed E-state index contributed by atoms with van der Waals surface area (Å²) in [5.41, 5.74) is 5.00. The first-order valence-corrected chi connectivity index (χ1v) is 2.01. The van der Waals surface area contributed by atoms with Gasteiger partial charge in [0.2, 0.25) is 0 Å². The van der Waals surface area contributed by atoms with Crippen LogP contribution >= 0.6 is 0 Å². The second-order valence-corrected chi connectivity index (χ2v) is 1.40. The Hall–Kier alpha value is -0.590. The van der Waals surface area contributed by atoms with Crippen molar-refractivity contribution < 1.29 is 5.11 Å². The van der Waals surface area contributed by atoms with Crippen LogP contribution in [-0.4, -0.2) is 17.3 Å². The minimum absolute atomic E-state index is 0.718. The lowest BCUT2D eigenvalue weighted by molar-refractivity contribution is 0.182. The molecule has 7 heavy (non-hydrogen) atoms. The molecule has 0 saturated heterocycles. The number of aliphatic hydroxyl groups excluding tert-OH is 1. The van der Waals surface area contributed by atoms with E-state index < -0.39 is 12.1 Å². The molecule has 0 bridgehead atoms. The summed E-state index contributed by atoms with van der Waals surface area (Å²) in [6.07, 6.45) is -0.718. The van der Waals surface area contributed by atoms with Crippen LogP contribution < -0.4 is 5.73 Å². The fraction of sp³-hybridized carbons (Fsp3) is 0.750. The highest BCUT2D eigenvalue weighted by Gasteiger charge is 2.04. The van der Waals surface area contributed by atoms with Crippen molar-refractivity contribution in [2.75, 3.05) is 0 Å². The standard InChI is InChI=1S/C4H8N2O/c1-3(7)4(6)2-5/h3-4,7H,6H2,1H3/t3?,4-/m1/s1. The summed E-state index contributed by atoms with van der Waals surface area (Å²) in [6, 6.07) is 0.956. The van der Waals surface area contributed by atoms with Crippen molar-refractivity contribution in [2.45, 2.75) is 19.1 Å². The molecule has 0 aliphatic heterocycles. The predicted molar refractivity (Wildman–Crippen MR) is 25.3 cm³/mol. The van der Waals surface area contributed by atoms with E-state index in [1.807, 2.05) is 0 Å². The van der Waals surface area contributed by atoms with Crippen molar-refractivity contribution in [1.29, 1.82) is 5.26 Å². The van der Waals surface area contributed by atoms with E-state index in [-0.39, 0.29) is 0 Å². The third-order valence-corrected chi connectivity index (χ3v) is 0.669. The maximum absolute atomic E-state index is 8.47. The summed E-state index contributed by atoms with van der Waals surface area (Å²) >= 11 is 0. The average Bonchev–Trinajstić information content (AvgIpc) is 1.65. The van der Waals surface area contributed by atoms with Gasteiger partial charge in [0.05, 0.1) is 12.2 Å². The van der Waals surface area contributed by atoms with E-state index in [0.717, 1.165) is 0 Å². The van der Waals surface area contributed by atoms with E-state index in [1.165, 1.54) is 6.92 Å². The van der Waals surface area contributed by atoms with Crippen molar-refractivity contribution in [3.63, 3.8) is 0 Å². The summed E-state index contributed by atoms with van der Waals surface area (Å²) in [6.45, 7) is 1.48. The molecule has 0 aliphatic rings. The summed E-state index contributed by atoms with van der Waals surface area (Å²) < 4.78 is 0. The van der Waals surface area contributed by atoms with Gasteiger partial charge < -0.3 is 10.8 Å². The number of nitrogens with two attached hydrogens (primary N) is 1. The van der Waals surface area contributed by atoms with Crippen LogP contribution in [0.3, 0.4) is 0 Å². The molecule has 0 saturated carbocycles. The summed E-state index contributed by atoms with van der Waals surface area (Å²) in [7, 11) is 0. The number of rotatable bonds is 1. The smallest absolute Gasteiger partial charge is 0.119 e. The Balaban J connectivity index is 3.40. The average molecular weight is 100 g/mol. The van der Waals surface area contributed by atoms with Gasteiger partial charge in [-0.05, 0) is 6.92 Å². The van der Waals surface area contributed by atoms with Crippen molar-refractivity contribution in [1.82, 2.24) is 0 Å². The molecule has 0 aliphatic carbocycles. The molecule has 1 unspecified atom stereocenters. The Morgan fingerprint density at radius 3 is 2.29 bits per heavy atom. The summed E-state index contributed by atoms with van der Waals surface area (Å²) in [4.78, 5) is 0. The van der Waals surface area contributed by atoms with Gasteiger partial charge in [-0.15, -0.1) is 0 Å². The Morgan fingerprint density at radius 1 is 1.86 bits per heavy atom. The zero-order valence-corrected chi connectivity index (χ0v) is 4.13. The van der Waals surface area contributed by atoms with E-state index in [9.17, 15) is 0 Å². The van der Waals surface area contributed by atoms with Crippen LogP contribution in [0, 0.1) is 11.3 Å². The highest BCUT2D eigenvalue weighted by Crippen LogP contribution is 1.82. The second kappa shape index (κ2) is 2.56. The molecular formula is C4H8N2O. The molecule has 0 spiro atoms. The van der Waals surface area contributed by atoms with Gasteiger partial charge in [-0.3, -0.25) is 0 Å². The highest BCUT2D eigenvalue weighted by molar-refractivity contribution is 4.89. The Morgan fingerprint density at radius 2 is 2.29 bits per heavy atom. The number of nitriles is 1. The summed E-state index contributed by atoms with van der Waals surface area (Å²) in [5, 5.41) is 16.4. The maximum atomic E-state index is 8.47.